The van der Waals surface area contributed by atoms with Gasteiger partial charge in [-0.3, -0.25) is 4.89 Å². The standard InChI is InChI=1S/C9H18O4/c1-4-6-7-9(10)12-13-11-8(3)5-2/h8H,4-7H2,1-3H3. The van der Waals surface area contributed by atoms with Crippen LogP contribution in [-0.4, -0.2) is 12.1 Å². The molecule has 0 radical (unpaired) electrons. The maximum absolute atomic E-state index is 10.8. The molecule has 1 atom stereocenters. The smallest absolute Gasteiger partial charge is 0.269 e. The number of unbranched alkanes of at least 4 members (excludes halogenated alkanes) is 1. The lowest BCUT2D eigenvalue weighted by molar-refractivity contribution is -0.500. The van der Waals surface area contributed by atoms with Crippen LogP contribution < -0.4 is 0 Å². The Morgan fingerprint density at radius 3 is 2.62 bits per heavy atom. The van der Waals surface area contributed by atoms with Gasteiger partial charge < -0.3 is 0 Å². The molecule has 1 unspecified atom stereocenters. The Kier molecular flexibility index (Phi) is 7.63. The zero-order chi connectivity index (χ0) is 10.1. The molecule has 0 aliphatic carbocycles. The van der Waals surface area contributed by atoms with Crippen molar-refractivity contribution in [3.8, 4) is 0 Å². The van der Waals surface area contributed by atoms with Crippen LogP contribution in [-0.2, 0) is 19.6 Å². The van der Waals surface area contributed by atoms with E-state index in [0.717, 1.165) is 19.3 Å². The first kappa shape index (κ1) is 12.4. The molecule has 78 valence electrons. The largest absolute Gasteiger partial charge is 0.345 e. The molecule has 0 aromatic heterocycles. The average Bonchev–Trinajstić information content (AvgIpc) is 2.14. The third-order valence-electron chi connectivity index (χ3n) is 1.64. The minimum absolute atomic E-state index is 0.0565. The van der Waals surface area contributed by atoms with E-state index in [1.807, 2.05) is 20.8 Å². The molecule has 0 aliphatic heterocycles. The first-order valence-electron chi connectivity index (χ1n) is 4.73. The lowest BCUT2D eigenvalue weighted by Crippen LogP contribution is -2.11. The molecule has 0 saturated heterocycles. The SMILES string of the molecule is CCCCC(=O)OOOC(C)CC. The monoisotopic (exact) mass is 190 g/mol. The van der Waals surface area contributed by atoms with Gasteiger partial charge >= 0.3 is 5.97 Å². The zero-order valence-corrected chi connectivity index (χ0v) is 8.54. The predicted molar refractivity (Wildman–Crippen MR) is 47.5 cm³/mol. The van der Waals surface area contributed by atoms with Gasteiger partial charge in [-0.1, -0.05) is 20.3 Å². The molecule has 4 nitrogen and oxygen atoms in total. The van der Waals surface area contributed by atoms with Gasteiger partial charge in [0.25, 0.3) is 0 Å². The van der Waals surface area contributed by atoms with Gasteiger partial charge in [0.2, 0.25) is 0 Å². The van der Waals surface area contributed by atoms with Crippen LogP contribution in [0.4, 0.5) is 0 Å². The van der Waals surface area contributed by atoms with Gasteiger partial charge in [-0.15, -0.1) is 0 Å². The van der Waals surface area contributed by atoms with Gasteiger partial charge in [-0.2, -0.15) is 4.89 Å². The normalized spacial score (nSPS) is 12.5. The highest BCUT2D eigenvalue weighted by molar-refractivity contribution is 5.68. The zero-order valence-electron chi connectivity index (χ0n) is 8.54. The molecule has 4 heteroatoms. The van der Waals surface area contributed by atoms with Crippen LogP contribution in [0.2, 0.25) is 0 Å². The van der Waals surface area contributed by atoms with Crippen molar-refractivity contribution in [1.82, 2.24) is 0 Å². The molecular formula is C9H18O4. The summed E-state index contributed by atoms with van der Waals surface area (Å²) >= 11 is 0. The number of carbonyl (C=O) groups excluding carboxylic acids is 1. The fourth-order valence-corrected chi connectivity index (χ4v) is 0.555. The van der Waals surface area contributed by atoms with Gasteiger partial charge in [0.1, 0.15) is 0 Å². The molecule has 0 saturated carbocycles. The fraction of sp³-hybridized carbons (Fsp3) is 0.889. The van der Waals surface area contributed by atoms with Crippen molar-refractivity contribution < 1.29 is 19.6 Å². The summed E-state index contributed by atoms with van der Waals surface area (Å²) in [5.74, 6) is -0.384. The maximum atomic E-state index is 10.8. The molecule has 0 aliphatic rings. The van der Waals surface area contributed by atoms with E-state index in [1.54, 1.807) is 0 Å². The van der Waals surface area contributed by atoms with Crippen molar-refractivity contribution in [3.05, 3.63) is 0 Å². The summed E-state index contributed by atoms with van der Waals surface area (Å²) in [6.45, 7) is 5.79. The summed E-state index contributed by atoms with van der Waals surface area (Å²) in [4.78, 5) is 19.9. The number of rotatable bonds is 7. The quantitative estimate of drug-likeness (QED) is 0.456. The second-order valence-electron chi connectivity index (χ2n) is 2.94. The summed E-state index contributed by atoms with van der Waals surface area (Å²) in [5, 5.41) is 4.30. The molecule has 0 N–H and O–H groups in total. The summed E-state index contributed by atoms with van der Waals surface area (Å²) in [6, 6.07) is 0. The van der Waals surface area contributed by atoms with E-state index in [2.05, 4.69) is 9.93 Å². The first-order chi connectivity index (χ1) is 6.20. The summed E-state index contributed by atoms with van der Waals surface area (Å²) in [6.07, 6.45) is 2.90. The van der Waals surface area contributed by atoms with Crippen molar-refractivity contribution in [3.63, 3.8) is 0 Å². The van der Waals surface area contributed by atoms with Gasteiger partial charge in [0, 0.05) is 6.42 Å². The molecule has 0 aromatic rings. The predicted octanol–water partition coefficient (Wildman–Crippen LogP) is 2.38. The Morgan fingerprint density at radius 1 is 1.38 bits per heavy atom. The number of hydrogen-bond donors (Lipinski definition) is 0. The van der Waals surface area contributed by atoms with Crippen LogP contribution >= 0.6 is 0 Å². The Morgan fingerprint density at radius 2 is 2.08 bits per heavy atom. The Bertz CT molecular complexity index is 136. The van der Waals surface area contributed by atoms with Crippen LogP contribution in [0.3, 0.4) is 0 Å². The summed E-state index contributed by atoms with van der Waals surface area (Å²) in [5.41, 5.74) is 0. The highest BCUT2D eigenvalue weighted by Gasteiger charge is 2.05. The summed E-state index contributed by atoms with van der Waals surface area (Å²) < 4.78 is 0. The van der Waals surface area contributed by atoms with E-state index in [9.17, 15) is 4.79 Å². The van der Waals surface area contributed by atoms with Crippen molar-refractivity contribution in [2.75, 3.05) is 0 Å². The molecule has 0 aromatic carbocycles. The number of carbonyl (C=O) groups is 1. The minimum Gasteiger partial charge on any atom is -0.269 e. The fourth-order valence-electron chi connectivity index (χ4n) is 0.555. The van der Waals surface area contributed by atoms with E-state index in [-0.39, 0.29) is 12.1 Å². The Hall–Kier alpha value is -0.610. The summed E-state index contributed by atoms with van der Waals surface area (Å²) in [7, 11) is 0. The molecule has 0 spiro atoms. The number of hydrogen-bond acceptors (Lipinski definition) is 4. The van der Waals surface area contributed by atoms with E-state index in [0.29, 0.717) is 6.42 Å². The van der Waals surface area contributed by atoms with Crippen LogP contribution in [0.25, 0.3) is 0 Å². The first-order valence-corrected chi connectivity index (χ1v) is 4.73. The van der Waals surface area contributed by atoms with Crippen LogP contribution in [0.5, 0.6) is 0 Å². The minimum atomic E-state index is -0.384. The highest BCUT2D eigenvalue weighted by atomic mass is 17.5. The molecule has 0 heterocycles. The molecular weight excluding hydrogens is 172 g/mol. The highest BCUT2D eigenvalue weighted by Crippen LogP contribution is 2.00. The lowest BCUT2D eigenvalue weighted by Gasteiger charge is -2.06. The Balaban J connectivity index is 3.26. The van der Waals surface area contributed by atoms with Crippen molar-refractivity contribution >= 4 is 5.97 Å². The van der Waals surface area contributed by atoms with E-state index < -0.39 is 0 Å². The van der Waals surface area contributed by atoms with Crippen LogP contribution in [0, 0.1) is 0 Å². The lowest BCUT2D eigenvalue weighted by atomic mass is 10.3. The van der Waals surface area contributed by atoms with E-state index in [4.69, 9.17) is 4.89 Å². The van der Waals surface area contributed by atoms with Crippen molar-refractivity contribution in [2.45, 2.75) is 52.6 Å². The van der Waals surface area contributed by atoms with Crippen molar-refractivity contribution in [1.29, 1.82) is 0 Å². The average molecular weight is 190 g/mol. The third kappa shape index (κ3) is 7.74. The Labute approximate surface area is 79.0 Å². The van der Waals surface area contributed by atoms with E-state index >= 15 is 0 Å². The van der Waals surface area contributed by atoms with Crippen LogP contribution in [0.15, 0.2) is 0 Å². The van der Waals surface area contributed by atoms with Gasteiger partial charge in [-0.05, 0) is 24.8 Å². The van der Waals surface area contributed by atoms with Gasteiger partial charge in [0.15, 0.2) is 0 Å². The topological polar surface area (TPSA) is 44.8 Å². The molecule has 0 amide bonds. The molecule has 0 rings (SSSR count). The molecule has 0 bridgehead atoms. The van der Waals surface area contributed by atoms with Gasteiger partial charge in [-0.25, -0.2) is 4.79 Å². The van der Waals surface area contributed by atoms with Crippen LogP contribution in [0.1, 0.15) is 46.5 Å². The van der Waals surface area contributed by atoms with Crippen molar-refractivity contribution in [2.24, 2.45) is 0 Å². The second kappa shape index (κ2) is 8.01. The third-order valence-corrected chi connectivity index (χ3v) is 1.64. The maximum Gasteiger partial charge on any atom is 0.345 e. The second-order valence-corrected chi connectivity index (χ2v) is 2.94. The molecule has 0 fully saturated rings. The molecule has 13 heavy (non-hydrogen) atoms. The van der Waals surface area contributed by atoms with E-state index in [1.165, 1.54) is 0 Å². The van der Waals surface area contributed by atoms with Gasteiger partial charge in [0.05, 0.1) is 6.10 Å².